The lowest BCUT2D eigenvalue weighted by atomic mass is 9.98. The Morgan fingerprint density at radius 2 is 1.15 bits per heavy atom. The third-order valence-electron chi connectivity index (χ3n) is 6.62. The summed E-state index contributed by atoms with van der Waals surface area (Å²) in [5.74, 6) is -1.52. The van der Waals surface area contributed by atoms with Crippen molar-refractivity contribution in [2.75, 3.05) is 19.6 Å². The number of esters is 2. The van der Waals surface area contributed by atoms with Crippen LogP contribution in [0, 0.1) is 0 Å². The van der Waals surface area contributed by atoms with Gasteiger partial charge in [-0.15, -0.1) is 0 Å². The first-order valence-corrected chi connectivity index (χ1v) is 12.3. The van der Waals surface area contributed by atoms with Crippen LogP contribution in [-0.4, -0.2) is 71.4 Å². The highest BCUT2D eigenvalue weighted by Gasteiger charge is 2.28. The Bertz CT molecular complexity index is 765. The lowest BCUT2D eigenvalue weighted by molar-refractivity contribution is -0.145. The van der Waals surface area contributed by atoms with Crippen molar-refractivity contribution in [1.82, 2.24) is 9.80 Å². The first-order valence-electron chi connectivity index (χ1n) is 12.3. The molecule has 0 aromatic rings. The summed E-state index contributed by atoms with van der Waals surface area (Å²) in [5, 5.41) is 0. The minimum atomic E-state index is -0.484. The van der Waals surface area contributed by atoms with Crippen LogP contribution in [0.3, 0.4) is 0 Å². The van der Waals surface area contributed by atoms with Gasteiger partial charge in [0.2, 0.25) is 11.8 Å². The van der Waals surface area contributed by atoms with E-state index in [0.717, 1.165) is 51.4 Å². The average Bonchev–Trinajstić information content (AvgIpc) is 2.82. The molecule has 0 aromatic carbocycles. The van der Waals surface area contributed by atoms with Crippen LogP contribution < -0.4 is 0 Å². The molecule has 2 aliphatic carbocycles. The summed E-state index contributed by atoms with van der Waals surface area (Å²) < 4.78 is 10.8. The van der Waals surface area contributed by atoms with Gasteiger partial charge in [0, 0.05) is 50.0 Å². The molecule has 1 saturated heterocycles. The van der Waals surface area contributed by atoms with Gasteiger partial charge in [-0.3, -0.25) is 9.59 Å². The van der Waals surface area contributed by atoms with Gasteiger partial charge in [-0.05, 0) is 58.3 Å². The van der Waals surface area contributed by atoms with Gasteiger partial charge in [0.1, 0.15) is 12.2 Å². The zero-order chi connectivity index (χ0) is 23.6. The van der Waals surface area contributed by atoms with Crippen LogP contribution in [0.1, 0.15) is 71.1 Å². The number of nitrogens with zero attached hydrogens (tertiary/aromatic N) is 2. The molecule has 2 saturated carbocycles. The fraction of sp³-hybridized carbons (Fsp3) is 0.680. The van der Waals surface area contributed by atoms with Gasteiger partial charge >= 0.3 is 11.9 Å². The number of ether oxygens (including phenoxy) is 2. The van der Waals surface area contributed by atoms with Crippen LogP contribution in [0.2, 0.25) is 0 Å². The van der Waals surface area contributed by atoms with Crippen molar-refractivity contribution in [2.45, 2.75) is 89.4 Å². The number of amides is 2. The lowest BCUT2D eigenvalue weighted by Gasteiger charge is -2.39. The minimum absolute atomic E-state index is 0.0476. The molecule has 0 aromatic heterocycles. The van der Waals surface area contributed by atoms with E-state index < -0.39 is 11.9 Å². The van der Waals surface area contributed by atoms with Crippen molar-refractivity contribution in [2.24, 2.45) is 0 Å². The number of carbonyl (C=O) groups excluding carboxylic acids is 4. The van der Waals surface area contributed by atoms with Gasteiger partial charge in [-0.25, -0.2) is 9.59 Å². The van der Waals surface area contributed by atoms with Gasteiger partial charge < -0.3 is 19.3 Å². The summed E-state index contributed by atoms with van der Waals surface area (Å²) in [6.07, 6.45) is 14.9. The van der Waals surface area contributed by atoms with Crippen molar-refractivity contribution >= 4 is 23.8 Å². The maximum absolute atomic E-state index is 12.5. The molecule has 182 valence electrons. The average molecular weight is 461 g/mol. The standard InChI is InChI=1S/C25H36N2O6/c1-19-18-26(22(28)12-14-24(30)32-20-8-4-2-5-9-20)16-17-27(19)23(29)13-15-25(31)33-21-10-6-3-7-11-21/h12-15,19-21H,2-11,16-18H2,1H3. The third-order valence-corrected chi connectivity index (χ3v) is 6.62. The smallest absolute Gasteiger partial charge is 0.331 e. The summed E-state index contributed by atoms with van der Waals surface area (Å²) in [6, 6.07) is -0.211. The minimum Gasteiger partial charge on any atom is -0.459 e. The first kappa shape index (κ1) is 25.0. The second-order valence-corrected chi connectivity index (χ2v) is 9.23. The molecule has 0 radical (unpaired) electrons. The van der Waals surface area contributed by atoms with Crippen molar-refractivity contribution < 1.29 is 28.7 Å². The molecule has 1 unspecified atom stereocenters. The quantitative estimate of drug-likeness (QED) is 0.447. The zero-order valence-electron chi connectivity index (χ0n) is 19.6. The second-order valence-electron chi connectivity index (χ2n) is 9.23. The molecule has 0 N–H and O–H groups in total. The van der Waals surface area contributed by atoms with E-state index in [0.29, 0.717) is 19.6 Å². The molecule has 1 heterocycles. The Labute approximate surface area is 195 Å². The van der Waals surface area contributed by atoms with Crippen LogP contribution in [0.15, 0.2) is 24.3 Å². The van der Waals surface area contributed by atoms with E-state index >= 15 is 0 Å². The Hall–Kier alpha value is -2.64. The number of rotatable bonds is 6. The molecule has 3 rings (SSSR count). The summed E-state index contributed by atoms with van der Waals surface area (Å²) in [4.78, 5) is 52.2. The number of piperazine rings is 1. The van der Waals surface area contributed by atoms with Gasteiger partial charge in [-0.2, -0.15) is 0 Å². The third kappa shape index (κ3) is 8.02. The van der Waals surface area contributed by atoms with Gasteiger partial charge in [0.25, 0.3) is 0 Å². The van der Waals surface area contributed by atoms with Crippen molar-refractivity contribution in [1.29, 1.82) is 0 Å². The monoisotopic (exact) mass is 460 g/mol. The molecule has 8 heteroatoms. The van der Waals surface area contributed by atoms with Crippen molar-refractivity contribution in [3.8, 4) is 0 Å². The first-order chi connectivity index (χ1) is 15.9. The van der Waals surface area contributed by atoms with Gasteiger partial charge in [-0.1, -0.05) is 12.8 Å². The molecule has 1 aliphatic heterocycles. The Morgan fingerprint density at radius 3 is 1.64 bits per heavy atom. The molecule has 3 fully saturated rings. The molecular formula is C25H36N2O6. The molecular weight excluding hydrogens is 424 g/mol. The van der Waals surface area contributed by atoms with Gasteiger partial charge in [0.15, 0.2) is 0 Å². The van der Waals surface area contributed by atoms with E-state index in [1.54, 1.807) is 9.80 Å². The molecule has 3 aliphatic rings. The van der Waals surface area contributed by atoms with E-state index in [4.69, 9.17) is 9.47 Å². The van der Waals surface area contributed by atoms with Crippen LogP contribution in [0.4, 0.5) is 0 Å². The fourth-order valence-corrected chi connectivity index (χ4v) is 4.74. The Morgan fingerprint density at radius 1 is 0.667 bits per heavy atom. The van der Waals surface area contributed by atoms with Crippen LogP contribution in [0.5, 0.6) is 0 Å². The molecule has 33 heavy (non-hydrogen) atoms. The van der Waals surface area contributed by atoms with E-state index in [-0.39, 0.29) is 30.1 Å². The predicted molar refractivity (Wildman–Crippen MR) is 122 cm³/mol. The highest BCUT2D eigenvalue weighted by molar-refractivity contribution is 5.96. The van der Waals surface area contributed by atoms with Crippen LogP contribution in [-0.2, 0) is 28.7 Å². The number of hydrogen-bond donors (Lipinski definition) is 0. The topological polar surface area (TPSA) is 93.2 Å². The summed E-state index contributed by atoms with van der Waals surface area (Å²) in [5.41, 5.74) is 0. The summed E-state index contributed by atoms with van der Waals surface area (Å²) in [7, 11) is 0. The fourth-order valence-electron chi connectivity index (χ4n) is 4.74. The Balaban J connectivity index is 1.41. The highest BCUT2D eigenvalue weighted by Crippen LogP contribution is 2.21. The summed E-state index contributed by atoms with van der Waals surface area (Å²) >= 11 is 0. The number of hydrogen-bond acceptors (Lipinski definition) is 6. The van der Waals surface area contributed by atoms with Crippen molar-refractivity contribution in [3.05, 3.63) is 24.3 Å². The number of carbonyl (C=O) groups is 4. The van der Waals surface area contributed by atoms with Crippen molar-refractivity contribution in [3.63, 3.8) is 0 Å². The SMILES string of the molecule is CC1CN(C(=O)C=CC(=O)OC2CCCCC2)CCN1C(=O)C=CC(=O)OC1CCCCC1. The maximum Gasteiger partial charge on any atom is 0.331 e. The molecule has 0 bridgehead atoms. The second kappa shape index (κ2) is 12.6. The molecule has 0 spiro atoms. The normalized spacial score (nSPS) is 23.1. The van der Waals surface area contributed by atoms with Gasteiger partial charge in [0.05, 0.1) is 0 Å². The largest absolute Gasteiger partial charge is 0.459 e. The highest BCUT2D eigenvalue weighted by atomic mass is 16.5. The van der Waals surface area contributed by atoms with E-state index in [1.165, 1.54) is 37.1 Å². The summed E-state index contributed by atoms with van der Waals surface area (Å²) in [6.45, 7) is 2.92. The maximum atomic E-state index is 12.5. The van der Waals surface area contributed by atoms with Crippen LogP contribution in [0.25, 0.3) is 0 Å². The van der Waals surface area contributed by atoms with Crippen LogP contribution >= 0.6 is 0 Å². The van der Waals surface area contributed by atoms with E-state index in [1.807, 2.05) is 6.92 Å². The zero-order valence-corrected chi connectivity index (χ0v) is 19.6. The lowest BCUT2D eigenvalue weighted by Crippen LogP contribution is -2.54. The molecule has 8 nitrogen and oxygen atoms in total. The Kier molecular flexibility index (Phi) is 9.51. The molecule has 2 amide bonds. The molecule has 1 atom stereocenters. The van der Waals surface area contributed by atoms with E-state index in [9.17, 15) is 19.2 Å². The van der Waals surface area contributed by atoms with E-state index in [2.05, 4.69) is 0 Å². The predicted octanol–water partition coefficient (Wildman–Crippen LogP) is 2.91.